The second-order valence-electron chi connectivity index (χ2n) is 5.63. The molecule has 0 fully saturated rings. The van der Waals surface area contributed by atoms with Crippen LogP contribution in [0.3, 0.4) is 0 Å². The van der Waals surface area contributed by atoms with Gasteiger partial charge in [-0.25, -0.2) is 4.79 Å². The van der Waals surface area contributed by atoms with Gasteiger partial charge < -0.3 is 20.3 Å². The van der Waals surface area contributed by atoms with Crippen molar-refractivity contribution >= 4 is 6.09 Å². The van der Waals surface area contributed by atoms with Gasteiger partial charge in [-0.2, -0.15) is 5.10 Å². The first-order chi connectivity index (χ1) is 11.5. The van der Waals surface area contributed by atoms with Crippen LogP contribution in [0.1, 0.15) is 29.3 Å². The van der Waals surface area contributed by atoms with Gasteiger partial charge in [0.05, 0.1) is 11.8 Å². The van der Waals surface area contributed by atoms with Crippen LogP contribution in [0.25, 0.3) is 0 Å². The van der Waals surface area contributed by atoms with Crippen molar-refractivity contribution in [3.63, 3.8) is 0 Å². The largest absolute Gasteiger partial charge is 0.445 e. The van der Waals surface area contributed by atoms with Crippen LogP contribution < -0.4 is 5.32 Å². The van der Waals surface area contributed by atoms with Gasteiger partial charge in [-0.05, 0) is 18.9 Å². The number of aromatic nitrogens is 2. The summed E-state index contributed by atoms with van der Waals surface area (Å²) in [5, 5.41) is 26.9. The Morgan fingerprint density at radius 1 is 1.33 bits per heavy atom. The van der Waals surface area contributed by atoms with Crippen LogP contribution in [0.4, 0.5) is 4.79 Å². The maximum absolute atomic E-state index is 11.6. The predicted molar refractivity (Wildman–Crippen MR) is 88.2 cm³/mol. The summed E-state index contributed by atoms with van der Waals surface area (Å²) in [6.07, 6.45) is -0.720. The molecule has 0 saturated carbocycles. The van der Waals surface area contributed by atoms with Crippen LogP contribution >= 0.6 is 0 Å². The Hall–Kier alpha value is -2.38. The van der Waals surface area contributed by atoms with Crippen LogP contribution in [0, 0.1) is 6.92 Å². The van der Waals surface area contributed by atoms with Gasteiger partial charge in [-0.3, -0.25) is 4.68 Å². The number of aliphatic hydroxyl groups excluding tert-OH is 2. The molecule has 0 bridgehead atoms. The van der Waals surface area contributed by atoms with Crippen LogP contribution in [0.15, 0.2) is 36.5 Å². The minimum absolute atomic E-state index is 0.187. The highest BCUT2D eigenvalue weighted by molar-refractivity contribution is 5.67. The van der Waals surface area contributed by atoms with Crippen molar-refractivity contribution in [3.8, 4) is 0 Å². The number of alkyl carbamates (subject to hydrolysis) is 1. The third-order valence-corrected chi connectivity index (χ3v) is 3.66. The van der Waals surface area contributed by atoms with Gasteiger partial charge in [0.25, 0.3) is 0 Å². The molecule has 0 radical (unpaired) electrons. The van der Waals surface area contributed by atoms with Crippen molar-refractivity contribution in [2.24, 2.45) is 7.05 Å². The van der Waals surface area contributed by atoms with E-state index in [1.54, 1.807) is 24.9 Å². The number of benzene rings is 1. The molecule has 130 valence electrons. The molecular formula is C17H23N3O4. The highest BCUT2D eigenvalue weighted by Crippen LogP contribution is 2.21. The van der Waals surface area contributed by atoms with E-state index in [4.69, 9.17) is 4.74 Å². The molecule has 2 aromatic rings. The molecule has 0 aliphatic rings. The van der Waals surface area contributed by atoms with Gasteiger partial charge in [0, 0.05) is 25.4 Å². The lowest BCUT2D eigenvalue weighted by molar-refractivity contribution is 0.0132. The molecule has 0 aliphatic carbocycles. The fourth-order valence-corrected chi connectivity index (χ4v) is 2.37. The van der Waals surface area contributed by atoms with Crippen molar-refractivity contribution in [1.29, 1.82) is 0 Å². The van der Waals surface area contributed by atoms with E-state index < -0.39 is 18.3 Å². The van der Waals surface area contributed by atoms with E-state index in [2.05, 4.69) is 10.4 Å². The molecule has 7 heteroatoms. The van der Waals surface area contributed by atoms with Crippen LogP contribution in [0.2, 0.25) is 0 Å². The summed E-state index contributed by atoms with van der Waals surface area (Å²) in [4.78, 5) is 11.6. The molecule has 1 heterocycles. The lowest BCUT2D eigenvalue weighted by Crippen LogP contribution is -2.29. The average molecular weight is 333 g/mol. The fraction of sp³-hybridized carbons (Fsp3) is 0.412. The normalized spacial score (nSPS) is 13.3. The summed E-state index contributed by atoms with van der Waals surface area (Å²) >= 11 is 0. The Bertz CT molecular complexity index is 657. The molecule has 0 spiro atoms. The maximum Gasteiger partial charge on any atom is 0.407 e. The zero-order chi connectivity index (χ0) is 17.5. The quantitative estimate of drug-likeness (QED) is 0.712. The van der Waals surface area contributed by atoms with E-state index in [0.717, 1.165) is 5.56 Å². The average Bonchev–Trinajstić information content (AvgIpc) is 2.91. The number of amides is 1. The Labute approximate surface area is 140 Å². The summed E-state index contributed by atoms with van der Waals surface area (Å²) in [6, 6.07) is 9.36. The molecule has 0 aliphatic heterocycles. The standard InChI is InChI=1S/C17H23N3O4/c1-12-14(10-20(2)19-12)16(22)15(21)8-9-18-17(23)24-11-13-6-4-3-5-7-13/h3-7,10,15-16,21-22H,8-9,11H2,1-2H3,(H,18,23). The molecule has 2 unspecified atom stereocenters. The predicted octanol–water partition coefficient (Wildman–Crippen LogP) is 1.44. The number of carbonyl (C=O) groups excluding carboxylic acids is 1. The minimum atomic E-state index is -1.04. The highest BCUT2D eigenvalue weighted by Gasteiger charge is 2.22. The molecule has 2 rings (SSSR count). The van der Waals surface area contributed by atoms with E-state index in [0.29, 0.717) is 11.3 Å². The number of hydrogen-bond acceptors (Lipinski definition) is 5. The van der Waals surface area contributed by atoms with E-state index in [1.165, 1.54) is 0 Å². The summed E-state index contributed by atoms with van der Waals surface area (Å²) in [7, 11) is 1.75. The second-order valence-corrected chi connectivity index (χ2v) is 5.63. The number of rotatable bonds is 7. The number of nitrogens with one attached hydrogen (secondary N) is 1. The number of aliphatic hydroxyl groups is 2. The van der Waals surface area contributed by atoms with Gasteiger partial charge in [-0.1, -0.05) is 30.3 Å². The summed E-state index contributed by atoms with van der Waals surface area (Å²) in [6.45, 7) is 2.16. The van der Waals surface area contributed by atoms with E-state index in [9.17, 15) is 15.0 Å². The minimum Gasteiger partial charge on any atom is -0.445 e. The molecule has 7 nitrogen and oxygen atoms in total. The molecule has 24 heavy (non-hydrogen) atoms. The number of hydrogen-bond donors (Lipinski definition) is 3. The zero-order valence-corrected chi connectivity index (χ0v) is 13.8. The zero-order valence-electron chi connectivity index (χ0n) is 13.8. The number of aryl methyl sites for hydroxylation is 2. The first kappa shape index (κ1) is 18.0. The fourth-order valence-electron chi connectivity index (χ4n) is 2.37. The number of carbonyl (C=O) groups is 1. The number of nitrogens with zero attached hydrogens (tertiary/aromatic N) is 2. The third-order valence-electron chi connectivity index (χ3n) is 3.66. The molecule has 1 aromatic heterocycles. The topological polar surface area (TPSA) is 96.6 Å². The van der Waals surface area contributed by atoms with Crippen LogP contribution in [0.5, 0.6) is 0 Å². The van der Waals surface area contributed by atoms with Crippen molar-refractivity contribution in [2.45, 2.75) is 32.2 Å². The molecular weight excluding hydrogens is 310 g/mol. The number of ether oxygens (including phenoxy) is 1. The van der Waals surface area contributed by atoms with Crippen molar-refractivity contribution < 1.29 is 19.7 Å². The highest BCUT2D eigenvalue weighted by atomic mass is 16.5. The first-order valence-corrected chi connectivity index (χ1v) is 7.78. The Morgan fingerprint density at radius 3 is 2.67 bits per heavy atom. The first-order valence-electron chi connectivity index (χ1n) is 7.78. The Balaban J connectivity index is 1.71. The van der Waals surface area contributed by atoms with Crippen molar-refractivity contribution in [2.75, 3.05) is 6.54 Å². The lowest BCUT2D eigenvalue weighted by Gasteiger charge is -2.17. The maximum atomic E-state index is 11.6. The Kier molecular flexibility index (Phi) is 6.34. The Morgan fingerprint density at radius 2 is 2.04 bits per heavy atom. The van der Waals surface area contributed by atoms with Gasteiger partial charge >= 0.3 is 6.09 Å². The summed E-state index contributed by atoms with van der Waals surface area (Å²) in [5.74, 6) is 0. The lowest BCUT2D eigenvalue weighted by atomic mass is 10.0. The van der Waals surface area contributed by atoms with Gasteiger partial charge in [0.2, 0.25) is 0 Å². The summed E-state index contributed by atoms with van der Waals surface area (Å²) < 4.78 is 6.65. The van der Waals surface area contributed by atoms with Gasteiger partial charge in [0.1, 0.15) is 12.7 Å². The van der Waals surface area contributed by atoms with Crippen LogP contribution in [-0.2, 0) is 18.4 Å². The SMILES string of the molecule is Cc1nn(C)cc1C(O)C(O)CCNC(=O)OCc1ccccc1. The van der Waals surface area contributed by atoms with Gasteiger partial charge in [0.15, 0.2) is 0 Å². The molecule has 2 atom stereocenters. The smallest absolute Gasteiger partial charge is 0.407 e. The second kappa shape index (κ2) is 8.47. The van der Waals surface area contributed by atoms with E-state index in [1.807, 2.05) is 30.3 Å². The monoisotopic (exact) mass is 333 g/mol. The molecule has 1 aromatic carbocycles. The molecule has 3 N–H and O–H groups in total. The van der Waals surface area contributed by atoms with E-state index in [-0.39, 0.29) is 19.6 Å². The third kappa shape index (κ3) is 5.07. The van der Waals surface area contributed by atoms with Crippen molar-refractivity contribution in [3.05, 3.63) is 53.3 Å². The summed E-state index contributed by atoms with van der Waals surface area (Å²) in [5.41, 5.74) is 2.14. The molecule has 0 saturated heterocycles. The van der Waals surface area contributed by atoms with Crippen LogP contribution in [-0.4, -0.2) is 38.7 Å². The molecule has 1 amide bonds. The van der Waals surface area contributed by atoms with E-state index >= 15 is 0 Å². The van der Waals surface area contributed by atoms with Crippen molar-refractivity contribution in [1.82, 2.24) is 15.1 Å². The van der Waals surface area contributed by atoms with Gasteiger partial charge in [-0.15, -0.1) is 0 Å².